The Balaban J connectivity index is 3.57. The number of allylic oxidation sites excluding steroid dienone is 22. The van der Waals surface area contributed by atoms with Gasteiger partial charge in [-0.05, 0) is 116 Å². The van der Waals surface area contributed by atoms with Crippen LogP contribution < -0.4 is 0 Å². The highest BCUT2D eigenvalue weighted by atomic mass is 16.6. The Morgan fingerprint density at radius 1 is 0.324 bits per heavy atom. The highest BCUT2D eigenvalue weighted by Crippen LogP contribution is 2.15. The maximum Gasteiger partial charge on any atom is 0.306 e. The third-order valence-electron chi connectivity index (χ3n) is 12.9. The van der Waals surface area contributed by atoms with Crippen LogP contribution in [0.3, 0.4) is 0 Å². The minimum Gasteiger partial charge on any atom is -0.462 e. The van der Waals surface area contributed by atoms with E-state index in [9.17, 15) is 14.7 Å². The summed E-state index contributed by atoms with van der Waals surface area (Å²) in [6.45, 7) is 4.02. The van der Waals surface area contributed by atoms with Crippen molar-refractivity contribution in [1.29, 1.82) is 0 Å². The maximum absolute atomic E-state index is 12.3. The second-order valence-electron chi connectivity index (χ2n) is 20.0. The van der Waals surface area contributed by atoms with Crippen LogP contribution in [0.15, 0.2) is 134 Å². The Morgan fingerprint density at radius 3 is 0.878 bits per heavy atom. The standard InChI is InChI=1S/C69H114O5/c1-3-5-7-9-11-13-15-17-19-21-23-25-27-28-29-30-31-32-33-34-35-36-37-38-39-40-42-44-46-48-50-52-54-56-58-60-62-64-69(72)74-67(65-70)66-73-68(71)63-61-59-57-55-53-51-49-47-45-43-41-26-24-22-20-18-16-14-12-10-8-6-4-2/h5,7,11,13,16-19,22-25,28-29,31-32,34-35,37-38,40,42,67,70H,3-4,6,8-10,12,14-15,20-21,26-27,30,33,36,39,41,43-66H2,1-2H3/b7-5-,13-11-,18-16-,19-17-,24-22-,25-23-,29-28-,32-31-,35-34-,38-37-,42-40-. The first kappa shape index (κ1) is 70.0. The van der Waals surface area contributed by atoms with E-state index in [0.29, 0.717) is 12.8 Å². The summed E-state index contributed by atoms with van der Waals surface area (Å²) in [6, 6.07) is 0. The van der Waals surface area contributed by atoms with E-state index in [1.807, 2.05) is 0 Å². The summed E-state index contributed by atoms with van der Waals surface area (Å²) >= 11 is 0. The van der Waals surface area contributed by atoms with Crippen LogP contribution >= 0.6 is 0 Å². The number of carbonyl (C=O) groups is 2. The predicted octanol–water partition coefficient (Wildman–Crippen LogP) is 21.2. The third-order valence-corrected chi connectivity index (χ3v) is 12.9. The largest absolute Gasteiger partial charge is 0.462 e. The third kappa shape index (κ3) is 60.6. The van der Waals surface area contributed by atoms with Gasteiger partial charge in [0.05, 0.1) is 6.61 Å². The average molecular weight is 1020 g/mol. The summed E-state index contributed by atoms with van der Waals surface area (Å²) in [5, 5.41) is 9.67. The highest BCUT2D eigenvalue weighted by molar-refractivity contribution is 5.70. The fraction of sp³-hybridized carbons (Fsp3) is 0.652. The topological polar surface area (TPSA) is 72.8 Å². The number of aliphatic hydroxyl groups is 1. The fourth-order valence-corrected chi connectivity index (χ4v) is 8.34. The van der Waals surface area contributed by atoms with Crippen molar-refractivity contribution >= 4 is 11.9 Å². The molecule has 74 heavy (non-hydrogen) atoms. The van der Waals surface area contributed by atoms with E-state index in [2.05, 4.69) is 148 Å². The number of aliphatic hydroxyl groups excluding tert-OH is 1. The fourth-order valence-electron chi connectivity index (χ4n) is 8.34. The van der Waals surface area contributed by atoms with E-state index < -0.39 is 6.10 Å². The lowest BCUT2D eigenvalue weighted by atomic mass is 10.0. The zero-order chi connectivity index (χ0) is 53.4. The lowest BCUT2D eigenvalue weighted by Gasteiger charge is -2.15. The maximum atomic E-state index is 12.3. The van der Waals surface area contributed by atoms with Gasteiger partial charge in [-0.25, -0.2) is 0 Å². The molecule has 1 atom stereocenters. The van der Waals surface area contributed by atoms with Crippen molar-refractivity contribution in [2.24, 2.45) is 0 Å². The Labute approximate surface area is 457 Å². The molecule has 0 bridgehead atoms. The molecule has 1 unspecified atom stereocenters. The van der Waals surface area contributed by atoms with Crippen molar-refractivity contribution in [3.8, 4) is 0 Å². The summed E-state index contributed by atoms with van der Waals surface area (Å²) < 4.78 is 10.7. The van der Waals surface area contributed by atoms with Gasteiger partial charge in [-0.3, -0.25) is 9.59 Å². The zero-order valence-corrected chi connectivity index (χ0v) is 48.1. The van der Waals surface area contributed by atoms with E-state index in [4.69, 9.17) is 9.47 Å². The summed E-state index contributed by atoms with van der Waals surface area (Å²) in [6.07, 6.45) is 94.3. The number of unbranched alkanes of at least 4 members (excludes halogenated alkanes) is 25. The van der Waals surface area contributed by atoms with Gasteiger partial charge in [0, 0.05) is 12.8 Å². The van der Waals surface area contributed by atoms with E-state index in [-0.39, 0.29) is 25.2 Å². The molecule has 0 aromatic heterocycles. The number of ether oxygens (including phenoxy) is 2. The van der Waals surface area contributed by atoms with Gasteiger partial charge in [-0.2, -0.15) is 0 Å². The lowest BCUT2D eigenvalue weighted by Crippen LogP contribution is -2.28. The molecule has 1 N–H and O–H groups in total. The van der Waals surface area contributed by atoms with E-state index in [0.717, 1.165) is 109 Å². The summed E-state index contributed by atoms with van der Waals surface area (Å²) in [5.41, 5.74) is 0. The van der Waals surface area contributed by atoms with Gasteiger partial charge in [0.25, 0.3) is 0 Å². The van der Waals surface area contributed by atoms with E-state index in [1.165, 1.54) is 135 Å². The summed E-state index contributed by atoms with van der Waals surface area (Å²) in [4.78, 5) is 24.6. The van der Waals surface area contributed by atoms with E-state index >= 15 is 0 Å². The van der Waals surface area contributed by atoms with Crippen molar-refractivity contribution in [1.82, 2.24) is 0 Å². The van der Waals surface area contributed by atoms with Crippen molar-refractivity contribution in [2.45, 2.75) is 277 Å². The highest BCUT2D eigenvalue weighted by Gasteiger charge is 2.16. The molecule has 5 heteroatoms. The molecule has 0 radical (unpaired) electrons. The Bertz CT molecular complexity index is 1530. The molecule has 0 amide bonds. The Morgan fingerprint density at radius 2 is 0.581 bits per heavy atom. The van der Waals surface area contributed by atoms with Crippen molar-refractivity contribution in [3.05, 3.63) is 134 Å². The minimum absolute atomic E-state index is 0.0753. The number of rotatable bonds is 55. The molecule has 5 nitrogen and oxygen atoms in total. The van der Waals surface area contributed by atoms with Crippen LogP contribution in [0, 0.1) is 0 Å². The molecular weight excluding hydrogens is 909 g/mol. The molecule has 0 aromatic carbocycles. The van der Waals surface area contributed by atoms with Gasteiger partial charge in [-0.15, -0.1) is 0 Å². The van der Waals surface area contributed by atoms with Crippen LogP contribution in [0.25, 0.3) is 0 Å². The predicted molar refractivity (Wildman–Crippen MR) is 324 cm³/mol. The van der Waals surface area contributed by atoms with Gasteiger partial charge in [0.15, 0.2) is 6.10 Å². The molecule has 0 spiro atoms. The lowest BCUT2D eigenvalue weighted by molar-refractivity contribution is -0.161. The average Bonchev–Trinajstić information content (AvgIpc) is 3.40. The SMILES string of the molecule is CC/C=C\C/C=C\C/C=C\C/C=C\C/C=C\C/C=C\C/C=C\C/C=C\C/C=C\CCCCCCCCCCCC(=O)OC(CO)COC(=O)CCCCCCCCCCCCC/C=C\C/C=C\CCCCCCC. The normalized spacial score (nSPS) is 13.2. The molecule has 0 aromatic rings. The van der Waals surface area contributed by atoms with Crippen LogP contribution in [-0.4, -0.2) is 36.4 Å². The van der Waals surface area contributed by atoms with Crippen molar-refractivity contribution in [3.63, 3.8) is 0 Å². The van der Waals surface area contributed by atoms with Crippen LogP contribution in [-0.2, 0) is 19.1 Å². The first-order valence-electron chi connectivity index (χ1n) is 30.7. The van der Waals surface area contributed by atoms with Crippen molar-refractivity contribution < 1.29 is 24.2 Å². The van der Waals surface area contributed by atoms with Gasteiger partial charge in [0.1, 0.15) is 6.61 Å². The first-order valence-corrected chi connectivity index (χ1v) is 30.7. The monoisotopic (exact) mass is 1020 g/mol. The molecule has 0 heterocycles. The first-order chi connectivity index (χ1) is 36.6. The molecule has 0 aliphatic rings. The minimum atomic E-state index is -0.786. The number of carbonyl (C=O) groups excluding carboxylic acids is 2. The summed E-state index contributed by atoms with van der Waals surface area (Å²) in [7, 11) is 0. The quantitative estimate of drug-likeness (QED) is 0.0373. The molecule has 0 fully saturated rings. The van der Waals surface area contributed by atoms with E-state index in [1.54, 1.807) is 0 Å². The Kier molecular flexibility index (Phi) is 59.9. The molecule has 0 saturated carbocycles. The van der Waals surface area contributed by atoms with Crippen LogP contribution in [0.2, 0.25) is 0 Å². The van der Waals surface area contributed by atoms with Gasteiger partial charge in [-0.1, -0.05) is 276 Å². The molecule has 0 rings (SSSR count). The molecule has 0 aliphatic carbocycles. The number of esters is 2. The smallest absolute Gasteiger partial charge is 0.306 e. The van der Waals surface area contributed by atoms with Crippen molar-refractivity contribution in [2.75, 3.05) is 13.2 Å². The zero-order valence-electron chi connectivity index (χ0n) is 48.1. The second kappa shape index (κ2) is 63.3. The molecule has 0 saturated heterocycles. The molecular formula is C69H114O5. The summed E-state index contributed by atoms with van der Waals surface area (Å²) in [5.74, 6) is -0.602. The van der Waals surface area contributed by atoms with Gasteiger partial charge < -0.3 is 14.6 Å². The Hall–Kier alpha value is -3.96. The second-order valence-corrected chi connectivity index (χ2v) is 20.0. The van der Waals surface area contributed by atoms with Gasteiger partial charge >= 0.3 is 11.9 Å². The number of hydrogen-bond acceptors (Lipinski definition) is 5. The molecule has 0 aliphatic heterocycles. The number of hydrogen-bond donors (Lipinski definition) is 1. The van der Waals surface area contributed by atoms with Crippen LogP contribution in [0.4, 0.5) is 0 Å². The van der Waals surface area contributed by atoms with Gasteiger partial charge in [0.2, 0.25) is 0 Å². The van der Waals surface area contributed by atoms with Crippen LogP contribution in [0.1, 0.15) is 271 Å². The van der Waals surface area contributed by atoms with Crippen LogP contribution in [0.5, 0.6) is 0 Å². The molecule has 420 valence electrons.